The largest absolute Gasteiger partial charge is 0.311 e. The average molecular weight is 251 g/mol. The van der Waals surface area contributed by atoms with E-state index >= 15 is 0 Å². The summed E-state index contributed by atoms with van der Waals surface area (Å²) in [6.45, 7) is 2.33. The van der Waals surface area contributed by atoms with E-state index in [9.17, 15) is 0 Å². The third kappa shape index (κ3) is 4.81. The minimum Gasteiger partial charge on any atom is -0.311 e. The van der Waals surface area contributed by atoms with Gasteiger partial charge in [-0.15, -0.1) is 0 Å². The molecule has 1 aromatic heterocycles. The van der Waals surface area contributed by atoms with Gasteiger partial charge in [-0.05, 0) is 48.6 Å². The van der Waals surface area contributed by atoms with Gasteiger partial charge in [0.15, 0.2) is 0 Å². The molecule has 0 amide bonds. The lowest BCUT2D eigenvalue weighted by molar-refractivity contribution is 0.358. The summed E-state index contributed by atoms with van der Waals surface area (Å²) < 4.78 is 0. The number of nitrogens with one attached hydrogen (secondary N) is 1. The second-order valence-electron chi connectivity index (χ2n) is 5.45. The quantitative estimate of drug-likeness (QED) is 0.837. The van der Waals surface area contributed by atoms with Crippen molar-refractivity contribution in [3.05, 3.63) is 22.4 Å². The highest BCUT2D eigenvalue weighted by Crippen LogP contribution is 2.18. The zero-order chi connectivity index (χ0) is 11.9. The first-order valence-corrected chi connectivity index (χ1v) is 8.06. The van der Waals surface area contributed by atoms with Gasteiger partial charge in [0.25, 0.3) is 0 Å². The number of hydrogen-bond donors (Lipinski definition) is 1. The Hall–Kier alpha value is -0.340. The minimum atomic E-state index is 0.619. The van der Waals surface area contributed by atoms with Gasteiger partial charge in [-0.2, -0.15) is 11.3 Å². The summed E-state index contributed by atoms with van der Waals surface area (Å²) in [6.07, 6.45) is 11.1. The lowest BCUT2D eigenvalue weighted by Gasteiger charge is -2.25. The van der Waals surface area contributed by atoms with Crippen LogP contribution in [-0.4, -0.2) is 12.1 Å². The molecule has 1 fully saturated rings. The summed E-state index contributed by atoms with van der Waals surface area (Å²) in [4.78, 5) is 0. The Balaban J connectivity index is 1.74. The van der Waals surface area contributed by atoms with Crippen molar-refractivity contribution in [2.24, 2.45) is 0 Å². The molecular weight excluding hydrogens is 226 g/mol. The van der Waals surface area contributed by atoms with Crippen LogP contribution in [0.25, 0.3) is 0 Å². The number of hydrogen-bond acceptors (Lipinski definition) is 2. The molecule has 1 aromatic rings. The first kappa shape index (κ1) is 13.1. The van der Waals surface area contributed by atoms with Gasteiger partial charge in [-0.25, -0.2) is 0 Å². The van der Waals surface area contributed by atoms with Gasteiger partial charge in [0.1, 0.15) is 0 Å². The van der Waals surface area contributed by atoms with Crippen molar-refractivity contribution >= 4 is 11.3 Å². The standard InChI is InChI=1S/C15H25NS/c1-13(11-14-9-10-17-12-14)16-15-7-5-3-2-4-6-8-15/h9-10,12-13,15-16H,2-8,11H2,1H3. The van der Waals surface area contributed by atoms with Crippen LogP contribution in [0.3, 0.4) is 0 Å². The van der Waals surface area contributed by atoms with Crippen LogP contribution in [0, 0.1) is 0 Å². The van der Waals surface area contributed by atoms with Gasteiger partial charge in [-0.1, -0.05) is 32.1 Å². The molecule has 1 aliphatic rings. The summed E-state index contributed by atoms with van der Waals surface area (Å²) in [5.74, 6) is 0. The Bertz CT molecular complexity index is 286. The third-order valence-corrected chi connectivity index (χ3v) is 4.48. The summed E-state index contributed by atoms with van der Waals surface area (Å²) in [7, 11) is 0. The van der Waals surface area contributed by atoms with Crippen LogP contribution in [-0.2, 0) is 6.42 Å². The molecule has 0 aliphatic heterocycles. The van der Waals surface area contributed by atoms with Crippen molar-refractivity contribution in [1.29, 1.82) is 0 Å². The molecular formula is C15H25NS. The van der Waals surface area contributed by atoms with Crippen LogP contribution in [0.15, 0.2) is 16.8 Å². The first-order valence-electron chi connectivity index (χ1n) is 7.12. The summed E-state index contributed by atoms with van der Waals surface area (Å²) in [5.41, 5.74) is 1.49. The van der Waals surface area contributed by atoms with Gasteiger partial charge in [-0.3, -0.25) is 0 Å². The van der Waals surface area contributed by atoms with E-state index in [0.29, 0.717) is 6.04 Å². The Morgan fingerprint density at radius 3 is 2.59 bits per heavy atom. The molecule has 0 radical (unpaired) electrons. The molecule has 1 saturated carbocycles. The second-order valence-corrected chi connectivity index (χ2v) is 6.23. The third-order valence-electron chi connectivity index (χ3n) is 3.75. The maximum absolute atomic E-state index is 3.83. The van der Waals surface area contributed by atoms with E-state index in [1.165, 1.54) is 56.9 Å². The Labute approximate surface area is 110 Å². The maximum Gasteiger partial charge on any atom is 0.00820 e. The molecule has 1 nitrogen and oxygen atoms in total. The molecule has 0 saturated heterocycles. The molecule has 1 atom stereocenters. The van der Waals surface area contributed by atoms with E-state index in [4.69, 9.17) is 0 Å². The molecule has 1 unspecified atom stereocenters. The molecule has 0 aromatic carbocycles. The normalized spacial score (nSPS) is 20.8. The van der Waals surface area contributed by atoms with Crippen molar-refractivity contribution in [1.82, 2.24) is 5.32 Å². The van der Waals surface area contributed by atoms with E-state index in [1.807, 2.05) is 0 Å². The Kier molecular flexibility index (Phi) is 5.53. The van der Waals surface area contributed by atoms with Crippen LogP contribution in [0.2, 0.25) is 0 Å². The topological polar surface area (TPSA) is 12.0 Å². The number of thiophene rings is 1. The summed E-state index contributed by atoms with van der Waals surface area (Å²) in [6, 6.07) is 3.64. The SMILES string of the molecule is CC(Cc1ccsc1)NC1CCCCCCC1. The van der Waals surface area contributed by atoms with Gasteiger partial charge < -0.3 is 5.32 Å². The first-order chi connectivity index (χ1) is 8.34. The fraction of sp³-hybridized carbons (Fsp3) is 0.733. The van der Waals surface area contributed by atoms with Crippen molar-refractivity contribution in [3.8, 4) is 0 Å². The van der Waals surface area contributed by atoms with E-state index in [2.05, 4.69) is 29.1 Å². The van der Waals surface area contributed by atoms with Crippen molar-refractivity contribution in [2.75, 3.05) is 0 Å². The van der Waals surface area contributed by atoms with Crippen molar-refractivity contribution < 1.29 is 0 Å². The minimum absolute atomic E-state index is 0.619. The molecule has 2 heteroatoms. The fourth-order valence-electron chi connectivity index (χ4n) is 2.85. The van der Waals surface area contributed by atoms with Crippen LogP contribution in [0.1, 0.15) is 57.4 Å². The van der Waals surface area contributed by atoms with Crippen molar-refractivity contribution in [2.45, 2.75) is 70.4 Å². The van der Waals surface area contributed by atoms with Gasteiger partial charge in [0.05, 0.1) is 0 Å². The van der Waals surface area contributed by atoms with E-state index < -0.39 is 0 Å². The highest BCUT2D eigenvalue weighted by Gasteiger charge is 2.13. The molecule has 2 rings (SSSR count). The molecule has 0 spiro atoms. The zero-order valence-electron chi connectivity index (χ0n) is 11.0. The second kappa shape index (κ2) is 7.17. The monoisotopic (exact) mass is 251 g/mol. The summed E-state index contributed by atoms with van der Waals surface area (Å²) >= 11 is 1.81. The Morgan fingerprint density at radius 2 is 1.94 bits per heavy atom. The average Bonchev–Trinajstić information content (AvgIpc) is 2.74. The van der Waals surface area contributed by atoms with Crippen LogP contribution >= 0.6 is 11.3 Å². The molecule has 17 heavy (non-hydrogen) atoms. The highest BCUT2D eigenvalue weighted by molar-refractivity contribution is 7.07. The van der Waals surface area contributed by atoms with Crippen LogP contribution in [0.5, 0.6) is 0 Å². The smallest absolute Gasteiger partial charge is 0.00820 e. The predicted molar refractivity (Wildman–Crippen MR) is 76.7 cm³/mol. The lowest BCUT2D eigenvalue weighted by Crippen LogP contribution is -2.38. The van der Waals surface area contributed by atoms with Gasteiger partial charge >= 0.3 is 0 Å². The van der Waals surface area contributed by atoms with E-state index in [1.54, 1.807) is 11.3 Å². The molecule has 1 heterocycles. The summed E-state index contributed by atoms with van der Waals surface area (Å²) in [5, 5.41) is 8.28. The van der Waals surface area contributed by atoms with Gasteiger partial charge in [0.2, 0.25) is 0 Å². The molecule has 96 valence electrons. The lowest BCUT2D eigenvalue weighted by atomic mass is 9.96. The van der Waals surface area contributed by atoms with Crippen molar-refractivity contribution in [3.63, 3.8) is 0 Å². The predicted octanol–water partition coefficient (Wildman–Crippen LogP) is 4.38. The van der Waals surface area contributed by atoms with Gasteiger partial charge in [0, 0.05) is 12.1 Å². The zero-order valence-corrected chi connectivity index (χ0v) is 11.8. The van der Waals surface area contributed by atoms with Crippen LogP contribution in [0.4, 0.5) is 0 Å². The number of rotatable bonds is 4. The highest BCUT2D eigenvalue weighted by atomic mass is 32.1. The molecule has 0 bridgehead atoms. The van der Waals surface area contributed by atoms with E-state index in [-0.39, 0.29) is 0 Å². The fourth-order valence-corrected chi connectivity index (χ4v) is 3.53. The molecule has 1 aliphatic carbocycles. The van der Waals surface area contributed by atoms with E-state index in [0.717, 1.165) is 6.04 Å². The maximum atomic E-state index is 3.83. The Morgan fingerprint density at radius 1 is 1.24 bits per heavy atom. The molecule has 1 N–H and O–H groups in total. The van der Waals surface area contributed by atoms with Crippen LogP contribution < -0.4 is 5.32 Å².